The van der Waals surface area contributed by atoms with Crippen molar-refractivity contribution in [3.05, 3.63) is 23.4 Å². The van der Waals surface area contributed by atoms with E-state index in [1.807, 2.05) is 0 Å². The zero-order chi connectivity index (χ0) is 15.3. The lowest BCUT2D eigenvalue weighted by Gasteiger charge is -2.23. The number of anilines is 1. The molecule has 5 nitrogen and oxygen atoms in total. The van der Waals surface area contributed by atoms with Gasteiger partial charge in [-0.2, -0.15) is 18.4 Å². The number of aliphatic hydroxyl groups is 1. The van der Waals surface area contributed by atoms with E-state index in [1.54, 1.807) is 6.07 Å². The summed E-state index contributed by atoms with van der Waals surface area (Å²) in [5, 5.41) is 18.5. The fourth-order valence-electron chi connectivity index (χ4n) is 1.63. The zero-order valence-corrected chi connectivity index (χ0v) is 11.0. The number of nitrogens with zero attached hydrogens (tertiary/aromatic N) is 3. The predicted molar refractivity (Wildman–Crippen MR) is 65.1 cm³/mol. The number of ether oxygens (including phenoxy) is 1. The van der Waals surface area contributed by atoms with Crippen molar-refractivity contribution < 1.29 is 23.0 Å². The van der Waals surface area contributed by atoms with Gasteiger partial charge in [0.05, 0.1) is 18.3 Å². The molecule has 8 heteroatoms. The quantitative estimate of drug-likeness (QED) is 0.887. The van der Waals surface area contributed by atoms with E-state index in [9.17, 15) is 18.3 Å². The third-order valence-electron chi connectivity index (χ3n) is 2.49. The lowest BCUT2D eigenvalue weighted by atomic mass is 10.2. The van der Waals surface area contributed by atoms with Crippen LogP contribution in [-0.4, -0.2) is 43.5 Å². The number of rotatable bonds is 5. The minimum atomic E-state index is -4.59. The van der Waals surface area contributed by atoms with Gasteiger partial charge in [0, 0.05) is 20.7 Å². The molecule has 0 spiro atoms. The molecule has 1 unspecified atom stereocenters. The molecule has 0 aromatic carbocycles. The van der Waals surface area contributed by atoms with Crippen LogP contribution in [0.1, 0.15) is 11.3 Å². The molecule has 1 rings (SSSR count). The standard InChI is InChI=1S/C12H14F3N3O2/c1-18(6-9(19)7-20-2)11-8(5-16)3-4-10(17-11)12(13,14)15/h3-4,9,19H,6-7H2,1-2H3. The van der Waals surface area contributed by atoms with Gasteiger partial charge in [-0.1, -0.05) is 0 Å². The van der Waals surface area contributed by atoms with E-state index in [0.29, 0.717) is 0 Å². The second kappa shape index (κ2) is 6.54. The van der Waals surface area contributed by atoms with Crippen molar-refractivity contribution in [1.29, 1.82) is 5.26 Å². The van der Waals surface area contributed by atoms with Gasteiger partial charge in [0.2, 0.25) is 0 Å². The molecule has 1 aromatic rings. The highest BCUT2D eigenvalue weighted by Gasteiger charge is 2.33. The molecular formula is C12H14F3N3O2. The number of alkyl halides is 3. The summed E-state index contributed by atoms with van der Waals surface area (Å²) in [7, 11) is 2.84. The Kier molecular flexibility index (Phi) is 5.30. The van der Waals surface area contributed by atoms with Gasteiger partial charge in [0.25, 0.3) is 0 Å². The Bertz CT molecular complexity index is 500. The van der Waals surface area contributed by atoms with E-state index in [1.165, 1.54) is 19.1 Å². The Morgan fingerprint density at radius 1 is 1.50 bits per heavy atom. The molecule has 0 bridgehead atoms. The average molecular weight is 289 g/mol. The number of nitriles is 1. The second-order valence-corrected chi connectivity index (χ2v) is 4.17. The lowest BCUT2D eigenvalue weighted by Crippen LogP contribution is -2.33. The molecule has 0 aliphatic heterocycles. The highest BCUT2D eigenvalue weighted by Crippen LogP contribution is 2.30. The summed E-state index contributed by atoms with van der Waals surface area (Å²) in [5.41, 5.74) is -1.08. The van der Waals surface area contributed by atoms with Gasteiger partial charge < -0.3 is 14.7 Å². The van der Waals surface area contributed by atoms with Crippen LogP contribution in [0, 0.1) is 11.3 Å². The van der Waals surface area contributed by atoms with Crippen LogP contribution in [0.5, 0.6) is 0 Å². The minimum Gasteiger partial charge on any atom is -0.389 e. The van der Waals surface area contributed by atoms with E-state index in [4.69, 9.17) is 10.00 Å². The highest BCUT2D eigenvalue weighted by molar-refractivity contribution is 5.54. The van der Waals surface area contributed by atoms with Crippen molar-refractivity contribution in [2.75, 3.05) is 32.2 Å². The number of halogens is 3. The van der Waals surface area contributed by atoms with Crippen LogP contribution in [-0.2, 0) is 10.9 Å². The summed E-state index contributed by atoms with van der Waals surface area (Å²) in [5.74, 6) is -0.127. The summed E-state index contributed by atoms with van der Waals surface area (Å²) in [4.78, 5) is 4.74. The number of pyridine rings is 1. The number of aromatic nitrogens is 1. The summed E-state index contributed by atoms with van der Waals surface area (Å²) >= 11 is 0. The molecule has 0 aliphatic rings. The van der Waals surface area contributed by atoms with Crippen LogP contribution in [0.4, 0.5) is 19.0 Å². The zero-order valence-electron chi connectivity index (χ0n) is 11.0. The Balaban J connectivity index is 3.05. The van der Waals surface area contributed by atoms with Gasteiger partial charge in [-0.05, 0) is 12.1 Å². The fourth-order valence-corrected chi connectivity index (χ4v) is 1.63. The average Bonchev–Trinajstić information content (AvgIpc) is 2.37. The van der Waals surface area contributed by atoms with Crippen LogP contribution in [0.2, 0.25) is 0 Å². The van der Waals surface area contributed by atoms with Crippen LogP contribution >= 0.6 is 0 Å². The molecule has 0 saturated carbocycles. The molecule has 1 heterocycles. The van der Waals surface area contributed by atoms with Crippen LogP contribution in [0.3, 0.4) is 0 Å². The van der Waals surface area contributed by atoms with E-state index in [-0.39, 0.29) is 24.5 Å². The van der Waals surface area contributed by atoms with Crippen molar-refractivity contribution in [3.63, 3.8) is 0 Å². The first-order valence-corrected chi connectivity index (χ1v) is 5.66. The maximum atomic E-state index is 12.6. The van der Waals surface area contributed by atoms with E-state index in [0.717, 1.165) is 12.1 Å². The Morgan fingerprint density at radius 2 is 2.15 bits per heavy atom. The summed E-state index contributed by atoms with van der Waals surface area (Å²) < 4.78 is 42.6. The third kappa shape index (κ3) is 4.08. The lowest BCUT2D eigenvalue weighted by molar-refractivity contribution is -0.141. The molecule has 1 aromatic heterocycles. The largest absolute Gasteiger partial charge is 0.433 e. The van der Waals surface area contributed by atoms with Crippen molar-refractivity contribution in [3.8, 4) is 6.07 Å². The third-order valence-corrected chi connectivity index (χ3v) is 2.49. The monoisotopic (exact) mass is 289 g/mol. The predicted octanol–water partition coefficient (Wildman–Crippen LogP) is 1.42. The Labute approximate surface area is 114 Å². The fraction of sp³-hybridized carbons (Fsp3) is 0.500. The highest BCUT2D eigenvalue weighted by atomic mass is 19.4. The van der Waals surface area contributed by atoms with Gasteiger partial charge in [0.15, 0.2) is 0 Å². The number of hydrogen-bond acceptors (Lipinski definition) is 5. The Morgan fingerprint density at radius 3 is 2.65 bits per heavy atom. The molecule has 1 atom stereocenters. The van der Waals surface area contributed by atoms with Crippen LogP contribution in [0.15, 0.2) is 12.1 Å². The molecule has 20 heavy (non-hydrogen) atoms. The Hall–Kier alpha value is -1.85. The number of hydrogen-bond donors (Lipinski definition) is 1. The van der Waals surface area contributed by atoms with E-state index >= 15 is 0 Å². The SMILES string of the molecule is COCC(O)CN(C)c1nc(C(F)(F)F)ccc1C#N. The van der Waals surface area contributed by atoms with Gasteiger partial charge >= 0.3 is 6.18 Å². The molecule has 0 amide bonds. The maximum Gasteiger partial charge on any atom is 0.433 e. The van der Waals surface area contributed by atoms with Crippen LogP contribution in [0.25, 0.3) is 0 Å². The summed E-state index contributed by atoms with van der Waals surface area (Å²) in [6.07, 6.45) is -5.48. The van der Waals surface area contributed by atoms with Crippen LogP contribution < -0.4 is 4.90 Å². The van der Waals surface area contributed by atoms with E-state index < -0.39 is 18.0 Å². The van der Waals surface area contributed by atoms with Gasteiger partial charge in [-0.15, -0.1) is 0 Å². The van der Waals surface area contributed by atoms with Crippen molar-refractivity contribution in [2.24, 2.45) is 0 Å². The molecule has 1 N–H and O–H groups in total. The number of aliphatic hydroxyl groups excluding tert-OH is 1. The second-order valence-electron chi connectivity index (χ2n) is 4.17. The van der Waals surface area contributed by atoms with Crippen molar-refractivity contribution in [2.45, 2.75) is 12.3 Å². The molecule has 0 fully saturated rings. The molecular weight excluding hydrogens is 275 g/mol. The molecule has 0 saturated heterocycles. The first-order chi connectivity index (χ1) is 9.29. The number of methoxy groups -OCH3 is 1. The normalized spacial score (nSPS) is 12.8. The van der Waals surface area contributed by atoms with Gasteiger partial charge in [-0.25, -0.2) is 4.98 Å². The topological polar surface area (TPSA) is 69.4 Å². The van der Waals surface area contributed by atoms with Gasteiger partial charge in [-0.3, -0.25) is 0 Å². The summed E-state index contributed by atoms with van der Waals surface area (Å²) in [6, 6.07) is 3.59. The smallest absolute Gasteiger partial charge is 0.389 e. The number of likely N-dealkylation sites (N-methyl/N-ethyl adjacent to an activating group) is 1. The molecule has 0 aliphatic carbocycles. The maximum absolute atomic E-state index is 12.6. The first kappa shape index (κ1) is 16.2. The first-order valence-electron chi connectivity index (χ1n) is 5.66. The van der Waals surface area contributed by atoms with Gasteiger partial charge in [0.1, 0.15) is 17.6 Å². The van der Waals surface area contributed by atoms with E-state index in [2.05, 4.69) is 4.98 Å². The summed E-state index contributed by atoms with van der Waals surface area (Å²) in [6.45, 7) is 0.0298. The molecule has 110 valence electrons. The van der Waals surface area contributed by atoms with Crippen molar-refractivity contribution >= 4 is 5.82 Å². The van der Waals surface area contributed by atoms with Crippen molar-refractivity contribution in [1.82, 2.24) is 4.98 Å². The minimum absolute atomic E-state index is 0.00314. The molecule has 0 radical (unpaired) electrons.